The average molecular weight is 591 g/mol. The number of amides is 3. The van der Waals surface area contributed by atoms with Crippen LogP contribution in [0.1, 0.15) is 43.2 Å². The van der Waals surface area contributed by atoms with Crippen molar-refractivity contribution in [2.24, 2.45) is 5.73 Å². The van der Waals surface area contributed by atoms with Gasteiger partial charge in [-0.05, 0) is 55.4 Å². The Morgan fingerprint density at radius 3 is 2.62 bits per heavy atom. The number of nitrogens with two attached hydrogens (primary N) is 1. The van der Waals surface area contributed by atoms with Gasteiger partial charge in [0, 0.05) is 38.1 Å². The monoisotopic (exact) mass is 589 g/mol. The molecule has 2 aliphatic rings. The zero-order valence-corrected chi connectivity index (χ0v) is 24.2. The second kappa shape index (κ2) is 14.3. The summed E-state index contributed by atoms with van der Waals surface area (Å²) in [5.41, 5.74) is 10.7. The van der Waals surface area contributed by atoms with Crippen molar-refractivity contribution >= 4 is 40.9 Å². The number of carbonyl (C=O) groups excluding carboxylic acids is 3. The molecule has 1 unspecified atom stereocenters. The number of nitrogens with one attached hydrogen (secondary N) is 2. The van der Waals surface area contributed by atoms with E-state index in [0.717, 1.165) is 18.4 Å². The highest BCUT2D eigenvalue weighted by Crippen LogP contribution is 2.30. The third-order valence-electron chi connectivity index (χ3n) is 7.71. The lowest BCUT2D eigenvalue weighted by Crippen LogP contribution is -2.53. The van der Waals surface area contributed by atoms with Gasteiger partial charge in [0.1, 0.15) is 6.04 Å². The van der Waals surface area contributed by atoms with Crippen LogP contribution in [0.5, 0.6) is 0 Å². The summed E-state index contributed by atoms with van der Waals surface area (Å²) in [6.07, 6.45) is 3.21. The van der Waals surface area contributed by atoms with Gasteiger partial charge in [0.25, 0.3) is 0 Å². The Hall–Kier alpha value is -2.69. The van der Waals surface area contributed by atoms with E-state index in [4.69, 9.17) is 33.8 Å². The Morgan fingerprint density at radius 1 is 1.12 bits per heavy atom. The number of carbonyl (C=O) groups is 3. The molecule has 2 heterocycles. The first-order chi connectivity index (χ1) is 19.3. The maximum Gasteiger partial charge on any atom is 0.243 e. The number of rotatable bonds is 11. The van der Waals surface area contributed by atoms with E-state index in [0.29, 0.717) is 36.0 Å². The second-order valence-corrected chi connectivity index (χ2v) is 11.3. The zero-order valence-electron chi connectivity index (χ0n) is 22.7. The highest BCUT2D eigenvalue weighted by atomic mass is 35.5. The number of halogens is 2. The summed E-state index contributed by atoms with van der Waals surface area (Å²) in [7, 11) is 1.35. The summed E-state index contributed by atoms with van der Waals surface area (Å²) in [4.78, 5) is 48.4. The van der Waals surface area contributed by atoms with Crippen molar-refractivity contribution in [1.29, 1.82) is 0 Å². The number of hydrogen-bond donors (Lipinski definition) is 3. The third-order valence-corrected chi connectivity index (χ3v) is 8.45. The molecule has 11 heteroatoms. The SMILES string of the molecule is CONC(=O)CC[C@H](C(=O)NCc1ccc(Cl)c(Cl)c1)N1CCC(CCc2ccccc2)N2C[C@H](N)C[C@H]2C1=O. The minimum atomic E-state index is -0.829. The normalized spacial score (nSPS) is 21.9. The molecule has 9 nitrogen and oxygen atoms in total. The van der Waals surface area contributed by atoms with Crippen LogP contribution in [-0.2, 0) is 32.2 Å². The van der Waals surface area contributed by atoms with E-state index >= 15 is 0 Å². The van der Waals surface area contributed by atoms with Gasteiger partial charge in [-0.3, -0.25) is 24.1 Å². The van der Waals surface area contributed by atoms with E-state index in [2.05, 4.69) is 27.8 Å². The van der Waals surface area contributed by atoms with Crippen molar-refractivity contribution in [3.63, 3.8) is 0 Å². The van der Waals surface area contributed by atoms with E-state index in [1.165, 1.54) is 12.7 Å². The first-order valence-electron chi connectivity index (χ1n) is 13.7. The molecular weight excluding hydrogens is 553 g/mol. The molecule has 40 heavy (non-hydrogen) atoms. The van der Waals surface area contributed by atoms with E-state index in [-0.39, 0.29) is 49.2 Å². The molecule has 0 radical (unpaired) electrons. The van der Waals surface area contributed by atoms with Crippen LogP contribution < -0.4 is 16.5 Å². The van der Waals surface area contributed by atoms with Crippen molar-refractivity contribution in [3.8, 4) is 0 Å². The predicted octanol–water partition coefficient (Wildman–Crippen LogP) is 3.07. The lowest BCUT2D eigenvalue weighted by molar-refractivity contribution is -0.144. The highest BCUT2D eigenvalue weighted by Gasteiger charge is 2.45. The molecule has 0 saturated carbocycles. The number of fused-ring (bicyclic) bond motifs is 1. The fraction of sp³-hybridized carbons (Fsp3) is 0.483. The van der Waals surface area contributed by atoms with Crippen LogP contribution in [0.15, 0.2) is 48.5 Å². The average Bonchev–Trinajstić information content (AvgIpc) is 3.29. The lowest BCUT2D eigenvalue weighted by atomic mass is 10.0. The fourth-order valence-electron chi connectivity index (χ4n) is 5.71. The molecule has 0 aliphatic carbocycles. The van der Waals surface area contributed by atoms with Gasteiger partial charge >= 0.3 is 0 Å². The summed E-state index contributed by atoms with van der Waals surface area (Å²) in [5.74, 6) is -0.810. The maximum absolute atomic E-state index is 14.0. The number of hydrogen-bond acceptors (Lipinski definition) is 6. The summed E-state index contributed by atoms with van der Waals surface area (Å²) >= 11 is 12.2. The molecule has 0 bridgehead atoms. The molecular formula is C29H37Cl2N5O4. The minimum Gasteiger partial charge on any atom is -0.350 e. The van der Waals surface area contributed by atoms with Crippen molar-refractivity contribution in [3.05, 3.63) is 69.7 Å². The zero-order chi connectivity index (χ0) is 28.6. The van der Waals surface area contributed by atoms with Crippen LogP contribution in [0.3, 0.4) is 0 Å². The molecule has 2 aromatic rings. The molecule has 4 rings (SSSR count). The maximum atomic E-state index is 14.0. The standard InChI is InChI=1S/C29H37Cl2N5O4/c1-40-34-27(37)12-11-25(28(38)33-17-20-8-10-23(30)24(31)15-20)35-14-13-22(9-7-19-5-3-2-4-6-19)36-18-21(32)16-26(36)29(35)39/h2-6,8,10,15,21-22,25-26H,7,9,11-14,16-18,32H2,1H3,(H,33,38)(H,34,37)/t21-,22?,25-,26+/m1/s1. The van der Waals surface area contributed by atoms with Gasteiger partial charge in [0.05, 0.1) is 23.2 Å². The van der Waals surface area contributed by atoms with Crippen molar-refractivity contribution in [2.75, 3.05) is 20.2 Å². The van der Waals surface area contributed by atoms with Crippen LogP contribution in [0.25, 0.3) is 0 Å². The topological polar surface area (TPSA) is 117 Å². The van der Waals surface area contributed by atoms with Crippen molar-refractivity contribution in [1.82, 2.24) is 20.6 Å². The Kier molecular flexibility index (Phi) is 10.8. The van der Waals surface area contributed by atoms with Crippen LogP contribution in [0.2, 0.25) is 10.0 Å². The van der Waals surface area contributed by atoms with Gasteiger partial charge < -0.3 is 16.0 Å². The number of nitrogens with zero attached hydrogens (tertiary/aromatic N) is 2. The second-order valence-electron chi connectivity index (χ2n) is 10.5. The van der Waals surface area contributed by atoms with Gasteiger partial charge in [-0.15, -0.1) is 0 Å². The smallest absolute Gasteiger partial charge is 0.243 e. The van der Waals surface area contributed by atoms with E-state index in [9.17, 15) is 14.4 Å². The van der Waals surface area contributed by atoms with Gasteiger partial charge in [-0.25, -0.2) is 5.48 Å². The van der Waals surface area contributed by atoms with Gasteiger partial charge in [-0.1, -0.05) is 59.6 Å². The Balaban J connectivity index is 1.52. The molecule has 0 aromatic heterocycles. The minimum absolute atomic E-state index is 0.0216. The molecule has 2 fully saturated rings. The molecule has 0 spiro atoms. The van der Waals surface area contributed by atoms with Crippen molar-refractivity contribution in [2.45, 2.75) is 69.2 Å². The molecule has 4 N–H and O–H groups in total. The molecule has 2 aliphatic heterocycles. The summed E-state index contributed by atoms with van der Waals surface area (Å²) in [6, 6.07) is 14.3. The molecule has 2 aromatic carbocycles. The Bertz CT molecular complexity index is 1180. The Labute approximate surface area is 245 Å². The number of aryl methyl sites for hydroxylation is 1. The van der Waals surface area contributed by atoms with Crippen LogP contribution >= 0.6 is 23.2 Å². The highest BCUT2D eigenvalue weighted by molar-refractivity contribution is 6.42. The number of hydroxylamine groups is 1. The van der Waals surface area contributed by atoms with Crippen LogP contribution in [0.4, 0.5) is 0 Å². The van der Waals surface area contributed by atoms with E-state index in [1.807, 2.05) is 18.2 Å². The first kappa shape index (κ1) is 30.3. The van der Waals surface area contributed by atoms with E-state index in [1.54, 1.807) is 23.1 Å². The molecule has 3 amide bonds. The van der Waals surface area contributed by atoms with Gasteiger partial charge in [0.2, 0.25) is 17.7 Å². The first-order valence-corrected chi connectivity index (χ1v) is 14.4. The van der Waals surface area contributed by atoms with E-state index < -0.39 is 12.1 Å². The largest absolute Gasteiger partial charge is 0.350 e. The third kappa shape index (κ3) is 7.73. The van der Waals surface area contributed by atoms with Crippen LogP contribution in [-0.4, -0.2) is 71.9 Å². The molecule has 4 atom stereocenters. The molecule has 216 valence electrons. The summed E-state index contributed by atoms with van der Waals surface area (Å²) in [5, 5.41) is 3.75. The van der Waals surface area contributed by atoms with Gasteiger partial charge in [0.15, 0.2) is 0 Å². The summed E-state index contributed by atoms with van der Waals surface area (Å²) in [6.45, 7) is 1.27. The summed E-state index contributed by atoms with van der Waals surface area (Å²) < 4.78 is 0. The quantitative estimate of drug-likeness (QED) is 0.347. The molecule has 2 saturated heterocycles. The predicted molar refractivity (Wildman–Crippen MR) is 154 cm³/mol. The van der Waals surface area contributed by atoms with Crippen LogP contribution in [0, 0.1) is 0 Å². The van der Waals surface area contributed by atoms with Crippen molar-refractivity contribution < 1.29 is 19.2 Å². The number of benzene rings is 2. The Morgan fingerprint density at radius 2 is 1.90 bits per heavy atom. The van der Waals surface area contributed by atoms with Gasteiger partial charge in [-0.2, -0.15) is 0 Å². The fourth-order valence-corrected chi connectivity index (χ4v) is 6.03. The lowest BCUT2D eigenvalue weighted by Gasteiger charge is -2.32.